The smallest absolute Gasteiger partial charge is 0.336 e. The molecule has 0 radical (unpaired) electrons. The highest BCUT2D eigenvalue weighted by Gasteiger charge is 2.50. The van der Waals surface area contributed by atoms with Gasteiger partial charge < -0.3 is 4.98 Å². The van der Waals surface area contributed by atoms with E-state index in [9.17, 15) is 31.2 Å². The lowest BCUT2D eigenvalue weighted by atomic mass is 10.3. The zero-order valence-corrected chi connectivity index (χ0v) is 9.62. The molecule has 11 heteroatoms. The van der Waals surface area contributed by atoms with Gasteiger partial charge >= 0.3 is 15.5 Å². The van der Waals surface area contributed by atoms with Crippen LogP contribution in [0.2, 0.25) is 0 Å². The first-order valence-corrected chi connectivity index (χ1v) is 5.98. The molecule has 0 fully saturated rings. The van der Waals surface area contributed by atoms with Gasteiger partial charge in [0.15, 0.2) is 5.82 Å². The van der Waals surface area contributed by atoms with E-state index in [0.717, 1.165) is 18.2 Å². The van der Waals surface area contributed by atoms with Crippen LogP contribution < -0.4 is 0 Å². The normalized spacial score (nSPS) is 12.8. The topological polar surface area (TPSA) is 106 Å². The van der Waals surface area contributed by atoms with Crippen LogP contribution in [0.15, 0.2) is 18.2 Å². The number of nitrogens with zero attached hydrogens (tertiary/aromatic N) is 2. The SMILES string of the molecule is O=[N+]([O-])c1ccc2nc(C(F)(F)S(=O)(=O)F)[nH]c2c1. The van der Waals surface area contributed by atoms with Gasteiger partial charge in [0, 0.05) is 12.1 Å². The molecule has 1 N–H and O–H groups in total. The molecule has 102 valence electrons. The number of nitro groups is 1. The summed E-state index contributed by atoms with van der Waals surface area (Å²) in [5, 5.41) is 5.63. The zero-order chi connectivity index (χ0) is 14.4. The lowest BCUT2D eigenvalue weighted by molar-refractivity contribution is -0.384. The minimum Gasteiger partial charge on any atom is -0.336 e. The van der Waals surface area contributed by atoms with Crippen molar-refractivity contribution in [1.29, 1.82) is 0 Å². The van der Waals surface area contributed by atoms with Crippen molar-refractivity contribution in [2.45, 2.75) is 5.25 Å². The molecule has 0 unspecified atom stereocenters. The van der Waals surface area contributed by atoms with Crippen LogP contribution in [0.25, 0.3) is 11.0 Å². The number of rotatable bonds is 3. The molecular formula is C8H4F3N3O4S. The van der Waals surface area contributed by atoms with Gasteiger partial charge in [-0.3, -0.25) is 10.1 Å². The number of nitro benzene ring substituents is 1. The van der Waals surface area contributed by atoms with Gasteiger partial charge in [0.05, 0.1) is 16.0 Å². The molecule has 0 saturated carbocycles. The van der Waals surface area contributed by atoms with Gasteiger partial charge in [-0.05, 0) is 6.07 Å². The predicted molar refractivity (Wildman–Crippen MR) is 56.7 cm³/mol. The van der Waals surface area contributed by atoms with Gasteiger partial charge in [-0.25, -0.2) is 4.98 Å². The van der Waals surface area contributed by atoms with E-state index in [1.165, 1.54) is 0 Å². The third kappa shape index (κ3) is 2.12. The summed E-state index contributed by atoms with van der Waals surface area (Å²) in [7, 11) is -6.19. The van der Waals surface area contributed by atoms with Crippen molar-refractivity contribution >= 4 is 26.9 Å². The van der Waals surface area contributed by atoms with E-state index in [-0.39, 0.29) is 11.0 Å². The van der Waals surface area contributed by atoms with E-state index in [1.54, 1.807) is 0 Å². The van der Waals surface area contributed by atoms with Crippen LogP contribution in [-0.4, -0.2) is 23.3 Å². The average Bonchev–Trinajstić information content (AvgIpc) is 2.70. The highest BCUT2D eigenvalue weighted by Crippen LogP contribution is 2.34. The highest BCUT2D eigenvalue weighted by atomic mass is 32.3. The van der Waals surface area contributed by atoms with Gasteiger partial charge in [0.25, 0.3) is 5.69 Å². The maximum Gasteiger partial charge on any atom is 0.430 e. The van der Waals surface area contributed by atoms with E-state index in [0.29, 0.717) is 0 Å². The lowest BCUT2D eigenvalue weighted by Gasteiger charge is -2.06. The molecule has 0 aliphatic carbocycles. The van der Waals surface area contributed by atoms with Crippen molar-refractivity contribution in [1.82, 2.24) is 9.97 Å². The van der Waals surface area contributed by atoms with Crippen LogP contribution in [0.1, 0.15) is 5.82 Å². The number of hydrogen-bond donors (Lipinski definition) is 1. The Morgan fingerprint density at radius 1 is 1.37 bits per heavy atom. The molecule has 1 aromatic heterocycles. The van der Waals surface area contributed by atoms with Crippen LogP contribution >= 0.6 is 0 Å². The maximum absolute atomic E-state index is 13.2. The largest absolute Gasteiger partial charge is 0.430 e. The lowest BCUT2D eigenvalue weighted by Crippen LogP contribution is -2.23. The van der Waals surface area contributed by atoms with Gasteiger partial charge in [-0.1, -0.05) is 3.89 Å². The number of alkyl halides is 2. The molecule has 0 bridgehead atoms. The zero-order valence-electron chi connectivity index (χ0n) is 8.80. The van der Waals surface area contributed by atoms with Crippen molar-refractivity contribution in [2.24, 2.45) is 0 Å². The molecule has 0 aliphatic rings. The Kier molecular flexibility index (Phi) is 2.73. The Morgan fingerprint density at radius 2 is 2.00 bits per heavy atom. The number of hydrogen-bond acceptors (Lipinski definition) is 5. The van der Waals surface area contributed by atoms with Crippen molar-refractivity contribution in [3.05, 3.63) is 34.1 Å². The van der Waals surface area contributed by atoms with Crippen LogP contribution in [0.5, 0.6) is 0 Å². The van der Waals surface area contributed by atoms with Gasteiger partial charge in [0.2, 0.25) is 0 Å². The minimum absolute atomic E-state index is 0.149. The van der Waals surface area contributed by atoms with Crippen LogP contribution in [-0.2, 0) is 15.5 Å². The molecule has 1 heterocycles. The first kappa shape index (κ1) is 13.3. The van der Waals surface area contributed by atoms with E-state index in [1.807, 2.05) is 4.98 Å². The highest BCUT2D eigenvalue weighted by molar-refractivity contribution is 7.87. The summed E-state index contributed by atoms with van der Waals surface area (Å²) in [4.78, 5) is 14.8. The molecule has 2 rings (SSSR count). The monoisotopic (exact) mass is 295 g/mol. The molecule has 0 amide bonds. The molecule has 19 heavy (non-hydrogen) atoms. The molecule has 7 nitrogen and oxygen atoms in total. The van der Waals surface area contributed by atoms with Crippen molar-refractivity contribution < 1.29 is 26.0 Å². The number of non-ortho nitro benzene ring substituents is 1. The van der Waals surface area contributed by atoms with Gasteiger partial charge in [-0.2, -0.15) is 17.2 Å². The summed E-state index contributed by atoms with van der Waals surface area (Å²) in [6, 6.07) is 2.91. The Labute approximate surface area is 103 Å². The van der Waals surface area contributed by atoms with E-state index < -0.39 is 31.9 Å². The molecule has 0 saturated heterocycles. The molecule has 0 spiro atoms. The fourth-order valence-electron chi connectivity index (χ4n) is 1.36. The third-order valence-corrected chi connectivity index (χ3v) is 3.06. The maximum atomic E-state index is 13.2. The number of imidazole rings is 1. The number of nitrogens with one attached hydrogen (secondary N) is 1. The van der Waals surface area contributed by atoms with Gasteiger partial charge in [-0.15, -0.1) is 0 Å². The average molecular weight is 295 g/mol. The summed E-state index contributed by atoms with van der Waals surface area (Å²) >= 11 is 0. The van der Waals surface area contributed by atoms with E-state index in [4.69, 9.17) is 0 Å². The number of halogens is 3. The Hall–Kier alpha value is -2.17. The Morgan fingerprint density at radius 3 is 2.53 bits per heavy atom. The van der Waals surface area contributed by atoms with Crippen molar-refractivity contribution in [3.8, 4) is 0 Å². The Bertz CT molecular complexity index is 771. The van der Waals surface area contributed by atoms with Crippen LogP contribution in [0.4, 0.5) is 18.4 Å². The molecule has 0 aliphatic heterocycles. The molecular weight excluding hydrogens is 291 g/mol. The fourth-order valence-corrected chi connectivity index (χ4v) is 1.69. The summed E-state index contributed by atoms with van der Waals surface area (Å²) in [6.45, 7) is 0. The fraction of sp³-hybridized carbons (Fsp3) is 0.125. The van der Waals surface area contributed by atoms with Crippen LogP contribution in [0.3, 0.4) is 0 Å². The number of fused-ring (bicyclic) bond motifs is 1. The van der Waals surface area contributed by atoms with Crippen molar-refractivity contribution in [3.63, 3.8) is 0 Å². The van der Waals surface area contributed by atoms with E-state index in [2.05, 4.69) is 4.98 Å². The Balaban J connectivity index is 2.63. The summed E-state index contributed by atoms with van der Waals surface area (Å²) in [6.07, 6.45) is 0. The number of benzene rings is 1. The number of aromatic nitrogens is 2. The first-order valence-electron chi connectivity index (χ1n) is 4.59. The van der Waals surface area contributed by atoms with E-state index >= 15 is 0 Å². The second-order valence-electron chi connectivity index (χ2n) is 3.50. The molecule has 0 atom stereocenters. The standard InChI is InChI=1S/C8H4F3N3O4S/c9-8(10,19(11,17)18)7-12-5-2-1-4(14(15)16)3-6(5)13-7/h1-3H,(H,12,13). The summed E-state index contributed by atoms with van der Waals surface area (Å²) in [5.41, 5.74) is -0.759. The molecule has 2 aromatic rings. The predicted octanol–water partition coefficient (Wildman–Crippen LogP) is 1.82. The summed E-state index contributed by atoms with van der Waals surface area (Å²) < 4.78 is 59.4. The minimum atomic E-state index is -6.19. The first-order chi connectivity index (χ1) is 8.63. The molecule has 1 aromatic carbocycles. The van der Waals surface area contributed by atoms with Crippen molar-refractivity contribution in [2.75, 3.05) is 0 Å². The second-order valence-corrected chi connectivity index (χ2v) is 4.89. The van der Waals surface area contributed by atoms with Gasteiger partial charge in [0.1, 0.15) is 0 Å². The summed E-state index contributed by atoms with van der Waals surface area (Å²) in [5.74, 6) is -1.44. The number of H-pyrrole nitrogens is 1. The quantitative estimate of drug-likeness (QED) is 0.528. The third-order valence-electron chi connectivity index (χ3n) is 2.26. The number of aromatic amines is 1. The second kappa shape index (κ2) is 3.91. The van der Waals surface area contributed by atoms with Crippen LogP contribution in [0, 0.1) is 10.1 Å².